The van der Waals surface area contributed by atoms with Gasteiger partial charge in [0.1, 0.15) is 0 Å². The van der Waals surface area contributed by atoms with Crippen LogP contribution in [0.4, 0.5) is 0 Å². The van der Waals surface area contributed by atoms with Gasteiger partial charge in [-0.25, -0.2) is 0 Å². The first-order valence-corrected chi connectivity index (χ1v) is 14.0. The zero-order valence-corrected chi connectivity index (χ0v) is 14.1. The standard InChI is InChI=1S/3C4H9.CH3O.Sn/c3*1-3-4-2;1-2;/h3*1,3-4H2,2H3;1H3;/q;;;-1;+1. The van der Waals surface area contributed by atoms with E-state index < -0.39 is 18.8 Å². The van der Waals surface area contributed by atoms with E-state index in [1.165, 1.54) is 51.8 Å². The molecular formula is C13H30OSn. The van der Waals surface area contributed by atoms with E-state index in [0.717, 1.165) is 0 Å². The number of rotatable bonds is 10. The van der Waals surface area contributed by atoms with Crippen molar-refractivity contribution < 1.29 is 3.07 Å². The maximum atomic E-state index is 6.05. The summed E-state index contributed by atoms with van der Waals surface area (Å²) in [7, 11) is 2.00. The Morgan fingerprint density at radius 3 is 1.27 bits per heavy atom. The fraction of sp³-hybridized carbons (Fsp3) is 1.00. The summed E-state index contributed by atoms with van der Waals surface area (Å²) < 4.78 is 10.4. The summed E-state index contributed by atoms with van der Waals surface area (Å²) in [5.41, 5.74) is 0. The van der Waals surface area contributed by atoms with Gasteiger partial charge in [0.2, 0.25) is 0 Å². The van der Waals surface area contributed by atoms with Crippen LogP contribution in [0.3, 0.4) is 0 Å². The van der Waals surface area contributed by atoms with E-state index in [2.05, 4.69) is 20.8 Å². The van der Waals surface area contributed by atoms with Gasteiger partial charge in [-0.1, -0.05) is 0 Å². The summed E-state index contributed by atoms with van der Waals surface area (Å²) in [6, 6.07) is 0. The van der Waals surface area contributed by atoms with Gasteiger partial charge >= 0.3 is 102 Å². The molecule has 2 heteroatoms. The van der Waals surface area contributed by atoms with Crippen LogP contribution in [-0.4, -0.2) is 25.9 Å². The topological polar surface area (TPSA) is 9.23 Å². The van der Waals surface area contributed by atoms with Crippen LogP contribution in [0.5, 0.6) is 0 Å². The molecule has 15 heavy (non-hydrogen) atoms. The molecule has 0 amide bonds. The van der Waals surface area contributed by atoms with Crippen molar-refractivity contribution in [2.24, 2.45) is 0 Å². The fourth-order valence-corrected chi connectivity index (χ4v) is 14.6. The Hall–Kier alpha value is 0.759. The van der Waals surface area contributed by atoms with E-state index in [1.54, 1.807) is 0 Å². The van der Waals surface area contributed by atoms with Crippen LogP contribution in [0.25, 0.3) is 0 Å². The Kier molecular flexibility index (Phi) is 10.5. The summed E-state index contributed by atoms with van der Waals surface area (Å²) in [5, 5.41) is 0. The predicted octanol–water partition coefficient (Wildman–Crippen LogP) is 4.98. The van der Waals surface area contributed by atoms with E-state index in [4.69, 9.17) is 3.07 Å². The first-order valence-electron chi connectivity index (χ1n) is 6.79. The molecule has 1 nitrogen and oxygen atoms in total. The molecule has 0 radical (unpaired) electrons. The van der Waals surface area contributed by atoms with Crippen molar-refractivity contribution in [3.8, 4) is 0 Å². The summed E-state index contributed by atoms with van der Waals surface area (Å²) in [4.78, 5) is 0. The molecule has 0 saturated heterocycles. The Morgan fingerprint density at radius 1 is 0.733 bits per heavy atom. The van der Waals surface area contributed by atoms with Gasteiger partial charge in [-0.3, -0.25) is 0 Å². The van der Waals surface area contributed by atoms with Crippen molar-refractivity contribution in [2.45, 2.75) is 72.6 Å². The third-order valence-electron chi connectivity index (χ3n) is 3.39. The summed E-state index contributed by atoms with van der Waals surface area (Å²) in [6.07, 6.45) is 8.20. The second-order valence-corrected chi connectivity index (χ2v) is 16.9. The van der Waals surface area contributed by atoms with Crippen molar-refractivity contribution in [1.29, 1.82) is 0 Å². The first-order chi connectivity index (χ1) is 7.24. The van der Waals surface area contributed by atoms with Crippen molar-refractivity contribution >= 4 is 18.8 Å². The van der Waals surface area contributed by atoms with E-state index in [1.807, 2.05) is 7.11 Å². The molecule has 0 aromatic heterocycles. The Balaban J connectivity index is 4.16. The van der Waals surface area contributed by atoms with Crippen LogP contribution in [0.15, 0.2) is 0 Å². The van der Waals surface area contributed by atoms with E-state index >= 15 is 0 Å². The predicted molar refractivity (Wildman–Crippen MR) is 71.9 cm³/mol. The van der Waals surface area contributed by atoms with Crippen LogP contribution in [0.2, 0.25) is 13.3 Å². The van der Waals surface area contributed by atoms with Gasteiger partial charge in [-0.15, -0.1) is 0 Å². The quantitative estimate of drug-likeness (QED) is 0.516. The van der Waals surface area contributed by atoms with Gasteiger partial charge in [-0.05, 0) is 0 Å². The maximum absolute atomic E-state index is 6.05. The van der Waals surface area contributed by atoms with Gasteiger partial charge in [0.05, 0.1) is 0 Å². The van der Waals surface area contributed by atoms with Crippen LogP contribution in [-0.2, 0) is 3.07 Å². The van der Waals surface area contributed by atoms with E-state index in [0.29, 0.717) is 0 Å². The molecule has 0 N–H and O–H groups in total. The average Bonchev–Trinajstić information content (AvgIpc) is 2.29. The van der Waals surface area contributed by atoms with Gasteiger partial charge < -0.3 is 0 Å². The van der Waals surface area contributed by atoms with Crippen molar-refractivity contribution in [3.63, 3.8) is 0 Å². The molecule has 0 atom stereocenters. The molecular weight excluding hydrogens is 291 g/mol. The number of hydrogen-bond acceptors (Lipinski definition) is 1. The molecule has 0 aromatic rings. The zero-order chi connectivity index (χ0) is 11.6. The van der Waals surface area contributed by atoms with Crippen molar-refractivity contribution in [2.75, 3.05) is 7.11 Å². The molecule has 0 unspecified atom stereocenters. The van der Waals surface area contributed by atoms with E-state index in [-0.39, 0.29) is 0 Å². The van der Waals surface area contributed by atoms with Crippen molar-refractivity contribution in [1.82, 2.24) is 0 Å². The molecule has 92 valence electrons. The molecule has 0 bridgehead atoms. The third-order valence-corrected chi connectivity index (χ3v) is 16.7. The van der Waals surface area contributed by atoms with Gasteiger partial charge in [0.15, 0.2) is 0 Å². The minimum absolute atomic E-state index is 1.33. The Morgan fingerprint density at radius 2 is 1.07 bits per heavy atom. The van der Waals surface area contributed by atoms with Crippen LogP contribution in [0, 0.1) is 0 Å². The van der Waals surface area contributed by atoms with Crippen molar-refractivity contribution in [3.05, 3.63) is 0 Å². The molecule has 0 fully saturated rings. The SMILES string of the molecule is CCC[CH2][Sn]([CH2]CCC)([CH2]CCC)[O]C. The third kappa shape index (κ3) is 6.83. The molecule has 0 saturated carbocycles. The van der Waals surface area contributed by atoms with Gasteiger partial charge in [0, 0.05) is 0 Å². The number of hydrogen-bond donors (Lipinski definition) is 0. The summed E-state index contributed by atoms with van der Waals surface area (Å²) in [6.45, 7) is 6.89. The Bertz CT molecular complexity index is 115. The van der Waals surface area contributed by atoms with Crippen LogP contribution >= 0.6 is 0 Å². The summed E-state index contributed by atoms with van der Waals surface area (Å²) >= 11 is -2.12. The summed E-state index contributed by atoms with van der Waals surface area (Å²) in [5.74, 6) is 0. The molecule has 0 spiro atoms. The minimum atomic E-state index is -2.12. The Labute approximate surface area is 101 Å². The number of unbranched alkanes of at least 4 members (excludes halogenated alkanes) is 3. The monoisotopic (exact) mass is 322 g/mol. The molecule has 0 aliphatic heterocycles. The van der Waals surface area contributed by atoms with E-state index in [9.17, 15) is 0 Å². The second kappa shape index (κ2) is 9.95. The average molecular weight is 321 g/mol. The molecule has 0 aliphatic carbocycles. The molecule has 0 rings (SSSR count). The molecule has 0 aliphatic rings. The van der Waals surface area contributed by atoms with Gasteiger partial charge in [0.25, 0.3) is 0 Å². The fourth-order valence-electron chi connectivity index (χ4n) is 2.18. The van der Waals surface area contributed by atoms with Gasteiger partial charge in [-0.2, -0.15) is 0 Å². The molecule has 0 aromatic carbocycles. The van der Waals surface area contributed by atoms with Crippen LogP contribution < -0.4 is 0 Å². The zero-order valence-electron chi connectivity index (χ0n) is 11.3. The normalized spacial score (nSPS) is 12.0. The first kappa shape index (κ1) is 15.8. The molecule has 0 heterocycles. The van der Waals surface area contributed by atoms with Crippen LogP contribution in [0.1, 0.15) is 59.3 Å². The second-order valence-electron chi connectivity index (χ2n) is 4.70.